The molecule has 0 radical (unpaired) electrons. The van der Waals surface area contributed by atoms with Crippen molar-refractivity contribution in [3.8, 4) is 0 Å². The van der Waals surface area contributed by atoms with Gasteiger partial charge in [0.25, 0.3) is 5.91 Å². The van der Waals surface area contributed by atoms with Crippen molar-refractivity contribution < 1.29 is 17.9 Å². The number of sulfone groups is 1. The number of methoxy groups -OCH3 is 1. The summed E-state index contributed by atoms with van der Waals surface area (Å²) in [6, 6.07) is 10.6. The van der Waals surface area contributed by atoms with E-state index in [1.165, 1.54) is 17.6 Å². The molecule has 0 saturated heterocycles. The van der Waals surface area contributed by atoms with E-state index in [-0.39, 0.29) is 10.8 Å². The average Bonchev–Trinajstić information content (AvgIpc) is 2.94. The van der Waals surface area contributed by atoms with Crippen LogP contribution < -0.4 is 4.80 Å². The van der Waals surface area contributed by atoms with E-state index < -0.39 is 9.84 Å². The van der Waals surface area contributed by atoms with Gasteiger partial charge in [-0.25, -0.2) is 8.42 Å². The van der Waals surface area contributed by atoms with Gasteiger partial charge in [-0.3, -0.25) is 4.79 Å². The molecule has 3 aromatic rings. The zero-order chi connectivity index (χ0) is 20.5. The molecule has 1 amide bonds. The Bertz CT molecular complexity index is 1200. The molecule has 28 heavy (non-hydrogen) atoms. The molecule has 0 aliphatic rings. The molecule has 0 aliphatic carbocycles. The average molecular weight is 419 g/mol. The molecule has 3 rings (SSSR count). The zero-order valence-corrected chi connectivity index (χ0v) is 17.9. The van der Waals surface area contributed by atoms with Crippen LogP contribution in [0.25, 0.3) is 10.2 Å². The van der Waals surface area contributed by atoms with E-state index in [9.17, 15) is 13.2 Å². The molecule has 0 N–H and O–H groups in total. The Hall–Kier alpha value is -2.29. The summed E-state index contributed by atoms with van der Waals surface area (Å²) < 4.78 is 31.6. The molecule has 0 atom stereocenters. The number of nitrogens with zero attached hydrogens (tertiary/aromatic N) is 2. The Kier molecular flexibility index (Phi) is 5.83. The van der Waals surface area contributed by atoms with Crippen LogP contribution in [0.3, 0.4) is 0 Å². The van der Waals surface area contributed by atoms with Gasteiger partial charge in [0.2, 0.25) is 0 Å². The number of fused-ring (bicyclic) bond motifs is 1. The number of hydrogen-bond acceptors (Lipinski definition) is 5. The second-order valence-electron chi connectivity index (χ2n) is 6.72. The minimum absolute atomic E-state index is 0.243. The fraction of sp³-hybridized carbons (Fsp3) is 0.300. The van der Waals surface area contributed by atoms with Crippen LogP contribution >= 0.6 is 11.3 Å². The summed E-state index contributed by atoms with van der Waals surface area (Å²) in [5.41, 5.74) is 3.35. The predicted molar refractivity (Wildman–Crippen MR) is 111 cm³/mol. The van der Waals surface area contributed by atoms with E-state index in [4.69, 9.17) is 4.74 Å². The number of carbonyl (C=O) groups is 1. The van der Waals surface area contributed by atoms with Gasteiger partial charge in [0.1, 0.15) is 0 Å². The molecule has 1 aromatic heterocycles. The first-order valence-corrected chi connectivity index (χ1v) is 11.4. The van der Waals surface area contributed by atoms with Crippen LogP contribution in [0.2, 0.25) is 0 Å². The van der Waals surface area contributed by atoms with E-state index in [0.717, 1.165) is 21.3 Å². The normalized spacial score (nSPS) is 12.6. The minimum atomic E-state index is -3.32. The molecule has 0 bridgehead atoms. The summed E-state index contributed by atoms with van der Waals surface area (Å²) in [6.07, 6.45) is 1.18. The maximum atomic E-state index is 12.7. The molecular weight excluding hydrogens is 396 g/mol. The molecule has 0 spiro atoms. The Morgan fingerprint density at radius 3 is 2.43 bits per heavy atom. The molecule has 0 fully saturated rings. The van der Waals surface area contributed by atoms with Crippen molar-refractivity contribution in [3.05, 3.63) is 57.9 Å². The van der Waals surface area contributed by atoms with Gasteiger partial charge in [-0.15, -0.1) is 0 Å². The van der Waals surface area contributed by atoms with Crippen molar-refractivity contribution in [2.45, 2.75) is 25.3 Å². The van der Waals surface area contributed by atoms with Crippen molar-refractivity contribution in [1.82, 2.24) is 4.57 Å². The van der Waals surface area contributed by atoms with E-state index in [1.807, 2.05) is 36.6 Å². The lowest BCUT2D eigenvalue weighted by Gasteiger charge is -2.05. The highest BCUT2D eigenvalue weighted by atomic mass is 32.2. The van der Waals surface area contributed by atoms with Crippen LogP contribution in [-0.4, -0.2) is 38.9 Å². The number of aryl methyl sites for hydroxylation is 2. The summed E-state index contributed by atoms with van der Waals surface area (Å²) in [7, 11) is -1.71. The number of hydrogen-bond donors (Lipinski definition) is 0. The molecule has 8 heteroatoms. The Balaban J connectivity index is 2.17. The van der Waals surface area contributed by atoms with Crippen LogP contribution in [0, 0.1) is 13.8 Å². The first-order chi connectivity index (χ1) is 13.2. The number of benzene rings is 2. The predicted octanol–water partition coefficient (Wildman–Crippen LogP) is 3.11. The lowest BCUT2D eigenvalue weighted by atomic mass is 10.1. The van der Waals surface area contributed by atoms with E-state index in [0.29, 0.717) is 23.5 Å². The van der Waals surface area contributed by atoms with Crippen molar-refractivity contribution in [2.75, 3.05) is 20.0 Å². The summed E-state index contributed by atoms with van der Waals surface area (Å²) in [5.74, 6) is -0.326. The lowest BCUT2D eigenvalue weighted by molar-refractivity contribution is 0.0997. The van der Waals surface area contributed by atoms with Crippen LogP contribution in [0.5, 0.6) is 0 Å². The smallest absolute Gasteiger partial charge is 0.279 e. The van der Waals surface area contributed by atoms with E-state index in [1.54, 1.807) is 25.3 Å². The Morgan fingerprint density at radius 1 is 1.14 bits per heavy atom. The number of amides is 1. The summed E-state index contributed by atoms with van der Waals surface area (Å²) in [4.78, 5) is 17.8. The monoisotopic (exact) mass is 418 g/mol. The highest BCUT2D eigenvalue weighted by molar-refractivity contribution is 7.90. The molecule has 6 nitrogen and oxygen atoms in total. The van der Waals surface area contributed by atoms with Crippen molar-refractivity contribution in [1.29, 1.82) is 0 Å². The van der Waals surface area contributed by atoms with Gasteiger partial charge >= 0.3 is 0 Å². The van der Waals surface area contributed by atoms with Gasteiger partial charge in [-0.05, 0) is 44.2 Å². The third-order valence-electron chi connectivity index (χ3n) is 4.27. The number of rotatable bonds is 5. The first kappa shape index (κ1) is 20.4. The van der Waals surface area contributed by atoms with Crippen LogP contribution in [0.1, 0.15) is 21.5 Å². The van der Waals surface area contributed by atoms with Gasteiger partial charge in [-0.2, -0.15) is 4.99 Å². The van der Waals surface area contributed by atoms with Crippen LogP contribution in [0.4, 0.5) is 0 Å². The molecular formula is C20H22N2O4S2. The third kappa shape index (κ3) is 4.40. The van der Waals surface area contributed by atoms with Gasteiger partial charge in [0.15, 0.2) is 14.6 Å². The molecule has 0 aliphatic heterocycles. The molecule has 148 valence electrons. The molecule has 0 unspecified atom stereocenters. The van der Waals surface area contributed by atoms with E-state index in [2.05, 4.69) is 4.99 Å². The highest BCUT2D eigenvalue weighted by Crippen LogP contribution is 2.22. The van der Waals surface area contributed by atoms with Gasteiger partial charge in [0, 0.05) is 25.5 Å². The maximum Gasteiger partial charge on any atom is 0.279 e. The lowest BCUT2D eigenvalue weighted by Crippen LogP contribution is -2.19. The summed E-state index contributed by atoms with van der Waals surface area (Å²) in [6.45, 7) is 4.83. The third-order valence-corrected chi connectivity index (χ3v) is 6.42. The quantitative estimate of drug-likeness (QED) is 0.638. The van der Waals surface area contributed by atoms with Crippen molar-refractivity contribution in [2.24, 2.45) is 4.99 Å². The standard InChI is InChI=1S/C20H22N2O4S2/c1-13-9-14(2)11-15(10-13)19(23)21-20-22(7-8-26-3)17-6-5-16(28(4,24)25)12-18(17)27-20/h5-6,9-12H,7-8H2,1-4H3. The number of aromatic nitrogens is 1. The highest BCUT2D eigenvalue weighted by Gasteiger charge is 2.13. The second-order valence-corrected chi connectivity index (χ2v) is 9.75. The summed E-state index contributed by atoms with van der Waals surface area (Å²) >= 11 is 1.29. The minimum Gasteiger partial charge on any atom is -0.383 e. The fourth-order valence-corrected chi connectivity index (χ4v) is 4.83. The number of thiazole rings is 1. The van der Waals surface area contributed by atoms with Crippen LogP contribution in [-0.2, 0) is 21.1 Å². The number of ether oxygens (including phenoxy) is 1. The Morgan fingerprint density at radius 2 is 1.82 bits per heavy atom. The Labute approximate surface area is 168 Å². The van der Waals surface area contributed by atoms with Gasteiger partial charge in [-0.1, -0.05) is 28.5 Å². The number of carbonyl (C=O) groups excluding carboxylic acids is 1. The zero-order valence-electron chi connectivity index (χ0n) is 16.2. The fourth-order valence-electron chi connectivity index (χ4n) is 3.02. The van der Waals surface area contributed by atoms with Gasteiger partial charge in [0.05, 0.1) is 21.7 Å². The first-order valence-electron chi connectivity index (χ1n) is 8.69. The van der Waals surface area contributed by atoms with Crippen LogP contribution in [0.15, 0.2) is 46.3 Å². The van der Waals surface area contributed by atoms with Crippen molar-refractivity contribution >= 4 is 37.3 Å². The van der Waals surface area contributed by atoms with Crippen molar-refractivity contribution in [3.63, 3.8) is 0 Å². The maximum absolute atomic E-state index is 12.7. The second kappa shape index (κ2) is 7.98. The SMILES string of the molecule is COCCn1c(=NC(=O)c2cc(C)cc(C)c2)sc2cc(S(C)(=O)=O)ccc21. The molecule has 0 saturated carbocycles. The van der Waals surface area contributed by atoms with Gasteiger partial charge < -0.3 is 9.30 Å². The summed E-state index contributed by atoms with van der Waals surface area (Å²) in [5, 5.41) is 0. The topological polar surface area (TPSA) is 77.7 Å². The molecule has 1 heterocycles. The largest absolute Gasteiger partial charge is 0.383 e. The van der Waals surface area contributed by atoms with E-state index >= 15 is 0 Å². The molecule has 2 aromatic carbocycles.